The zero-order chi connectivity index (χ0) is 17.5. The van der Waals surface area contributed by atoms with Crippen LogP contribution in [0.2, 0.25) is 0 Å². The Balaban J connectivity index is 2.13. The van der Waals surface area contributed by atoms with Gasteiger partial charge in [0, 0.05) is 6.54 Å². The second-order valence-electron chi connectivity index (χ2n) is 6.36. The highest BCUT2D eigenvalue weighted by molar-refractivity contribution is 5.80. The van der Waals surface area contributed by atoms with Gasteiger partial charge in [0.15, 0.2) is 0 Å². The van der Waals surface area contributed by atoms with E-state index in [1.165, 1.54) is 0 Å². The number of methoxy groups -OCH3 is 1. The van der Waals surface area contributed by atoms with Crippen molar-refractivity contribution in [3.8, 4) is 5.75 Å². The van der Waals surface area contributed by atoms with Crippen LogP contribution in [0.1, 0.15) is 37.3 Å². The van der Waals surface area contributed by atoms with Crippen LogP contribution in [-0.4, -0.2) is 55.4 Å². The zero-order valence-corrected chi connectivity index (χ0v) is 14.5. The molecule has 0 saturated carbocycles. The third kappa shape index (κ3) is 4.96. The van der Waals surface area contributed by atoms with E-state index in [0.717, 1.165) is 43.5 Å². The predicted octanol–water partition coefficient (Wildman–Crippen LogP) is 1.56. The molecule has 6 heteroatoms. The lowest BCUT2D eigenvalue weighted by molar-refractivity contribution is -0.134. The van der Waals surface area contributed by atoms with Gasteiger partial charge in [-0.1, -0.05) is 25.0 Å². The Morgan fingerprint density at radius 1 is 1.21 bits per heavy atom. The first-order valence-corrected chi connectivity index (χ1v) is 8.41. The summed E-state index contributed by atoms with van der Waals surface area (Å²) in [4.78, 5) is 27.4. The van der Waals surface area contributed by atoms with E-state index in [1.54, 1.807) is 19.1 Å². The Bertz CT molecular complexity index is 559. The quantitative estimate of drug-likeness (QED) is 0.857. The Labute approximate surface area is 143 Å². The van der Waals surface area contributed by atoms with Crippen molar-refractivity contribution in [2.75, 3.05) is 33.8 Å². The number of ether oxygens (including phenoxy) is 1. The molecule has 1 fully saturated rings. The molecule has 1 aromatic rings. The van der Waals surface area contributed by atoms with Gasteiger partial charge in [-0.25, -0.2) is 0 Å². The largest absolute Gasteiger partial charge is 0.497 e. The van der Waals surface area contributed by atoms with Crippen molar-refractivity contribution in [1.29, 1.82) is 0 Å². The highest BCUT2D eigenvalue weighted by Gasteiger charge is 2.27. The van der Waals surface area contributed by atoms with E-state index in [2.05, 4.69) is 0 Å². The number of likely N-dealkylation sites (N-methyl/N-ethyl adjacent to an activating group) is 1. The van der Waals surface area contributed by atoms with Crippen LogP contribution in [0.4, 0.5) is 0 Å². The van der Waals surface area contributed by atoms with Gasteiger partial charge in [0.1, 0.15) is 5.75 Å². The van der Waals surface area contributed by atoms with Crippen molar-refractivity contribution in [2.24, 2.45) is 5.73 Å². The van der Waals surface area contributed by atoms with E-state index >= 15 is 0 Å². The normalized spacial score (nSPS) is 18.3. The SMILES string of the molecule is COc1ccc([C@H]2CCCCCN2C(=O)CN(C)CC(N)=O)cc1. The highest BCUT2D eigenvalue weighted by atomic mass is 16.5. The Hall–Kier alpha value is -2.08. The molecule has 6 nitrogen and oxygen atoms in total. The van der Waals surface area contributed by atoms with E-state index in [0.29, 0.717) is 0 Å². The summed E-state index contributed by atoms with van der Waals surface area (Å²) in [7, 11) is 3.38. The molecule has 1 aliphatic heterocycles. The lowest BCUT2D eigenvalue weighted by atomic mass is 10.0. The number of hydrogen-bond acceptors (Lipinski definition) is 4. The van der Waals surface area contributed by atoms with Crippen LogP contribution in [-0.2, 0) is 9.59 Å². The maximum Gasteiger partial charge on any atom is 0.237 e. The minimum absolute atomic E-state index is 0.0430. The van der Waals surface area contributed by atoms with Crippen LogP contribution < -0.4 is 10.5 Å². The highest BCUT2D eigenvalue weighted by Crippen LogP contribution is 2.31. The standard InChI is InChI=1S/C18H27N3O3/c1-20(12-17(19)22)13-18(23)21-11-5-3-4-6-16(21)14-7-9-15(24-2)10-8-14/h7-10,16H,3-6,11-13H2,1-2H3,(H2,19,22)/t16-/m1/s1. The third-order valence-corrected chi connectivity index (χ3v) is 4.40. The molecular formula is C18H27N3O3. The van der Waals surface area contributed by atoms with Crippen molar-refractivity contribution >= 4 is 11.8 Å². The first kappa shape index (κ1) is 18.3. The number of nitrogens with zero attached hydrogens (tertiary/aromatic N) is 2. The van der Waals surface area contributed by atoms with Gasteiger partial charge >= 0.3 is 0 Å². The number of primary amides is 1. The van der Waals surface area contributed by atoms with E-state index in [1.807, 2.05) is 29.2 Å². The van der Waals surface area contributed by atoms with Crippen LogP contribution >= 0.6 is 0 Å². The summed E-state index contributed by atoms with van der Waals surface area (Å²) in [6.07, 6.45) is 4.21. The maximum atomic E-state index is 12.8. The molecule has 1 atom stereocenters. The number of rotatable bonds is 6. The third-order valence-electron chi connectivity index (χ3n) is 4.40. The molecule has 2 N–H and O–H groups in total. The summed E-state index contributed by atoms with van der Waals surface area (Å²) < 4.78 is 5.21. The molecule has 0 spiro atoms. The molecule has 0 radical (unpaired) electrons. The van der Waals surface area contributed by atoms with Crippen LogP contribution in [0, 0.1) is 0 Å². The van der Waals surface area contributed by atoms with Gasteiger partial charge in [-0.3, -0.25) is 14.5 Å². The lowest BCUT2D eigenvalue weighted by Gasteiger charge is -2.32. The molecular weight excluding hydrogens is 306 g/mol. The molecule has 0 aliphatic carbocycles. The molecule has 1 saturated heterocycles. The first-order chi connectivity index (χ1) is 11.5. The van der Waals surface area contributed by atoms with Gasteiger partial charge in [0.25, 0.3) is 0 Å². The zero-order valence-electron chi connectivity index (χ0n) is 14.5. The van der Waals surface area contributed by atoms with Gasteiger partial charge < -0.3 is 15.4 Å². The summed E-state index contributed by atoms with van der Waals surface area (Å²) in [5, 5.41) is 0. The predicted molar refractivity (Wildman–Crippen MR) is 92.6 cm³/mol. The molecule has 0 bridgehead atoms. The molecule has 24 heavy (non-hydrogen) atoms. The van der Waals surface area contributed by atoms with Crippen LogP contribution in [0.15, 0.2) is 24.3 Å². The van der Waals surface area contributed by atoms with Crippen molar-refractivity contribution in [2.45, 2.75) is 31.7 Å². The minimum atomic E-state index is -0.423. The Morgan fingerprint density at radius 3 is 2.54 bits per heavy atom. The van der Waals surface area contributed by atoms with Crippen molar-refractivity contribution in [3.05, 3.63) is 29.8 Å². The Morgan fingerprint density at radius 2 is 1.92 bits per heavy atom. The number of carbonyl (C=O) groups is 2. The molecule has 0 aromatic heterocycles. The van der Waals surface area contributed by atoms with Crippen molar-refractivity contribution in [3.63, 3.8) is 0 Å². The fourth-order valence-corrected chi connectivity index (χ4v) is 3.22. The number of benzene rings is 1. The molecule has 0 unspecified atom stereocenters. The molecule has 1 heterocycles. The molecule has 1 aliphatic rings. The summed E-state index contributed by atoms with van der Waals surface area (Å²) in [5.74, 6) is 0.431. The minimum Gasteiger partial charge on any atom is -0.497 e. The second-order valence-corrected chi connectivity index (χ2v) is 6.36. The van der Waals surface area contributed by atoms with Crippen molar-refractivity contribution in [1.82, 2.24) is 9.80 Å². The second kappa shape index (κ2) is 8.68. The van der Waals surface area contributed by atoms with Crippen molar-refractivity contribution < 1.29 is 14.3 Å². The van der Waals surface area contributed by atoms with Crippen LogP contribution in [0.5, 0.6) is 5.75 Å². The summed E-state index contributed by atoms with van der Waals surface area (Å²) in [5.41, 5.74) is 6.33. The van der Waals surface area contributed by atoms with Gasteiger partial charge in [0.2, 0.25) is 11.8 Å². The van der Waals surface area contributed by atoms with Crippen LogP contribution in [0.3, 0.4) is 0 Å². The van der Waals surface area contributed by atoms with E-state index in [4.69, 9.17) is 10.5 Å². The van der Waals surface area contributed by atoms with E-state index < -0.39 is 5.91 Å². The van der Waals surface area contributed by atoms with Gasteiger partial charge in [-0.05, 0) is 37.6 Å². The number of amides is 2. The summed E-state index contributed by atoms with van der Waals surface area (Å²) in [6, 6.07) is 8.00. The lowest BCUT2D eigenvalue weighted by Crippen LogP contribution is -2.43. The monoisotopic (exact) mass is 333 g/mol. The van der Waals surface area contributed by atoms with E-state index in [-0.39, 0.29) is 25.0 Å². The van der Waals surface area contributed by atoms with Gasteiger partial charge in [-0.2, -0.15) is 0 Å². The average Bonchev–Trinajstić information content (AvgIpc) is 2.80. The number of carbonyl (C=O) groups excluding carboxylic acids is 2. The van der Waals surface area contributed by atoms with E-state index in [9.17, 15) is 9.59 Å². The van der Waals surface area contributed by atoms with Gasteiger partial charge in [-0.15, -0.1) is 0 Å². The summed E-state index contributed by atoms with van der Waals surface area (Å²) in [6.45, 7) is 1.04. The van der Waals surface area contributed by atoms with Gasteiger partial charge in [0.05, 0.1) is 26.2 Å². The molecule has 2 rings (SSSR count). The topological polar surface area (TPSA) is 75.9 Å². The number of likely N-dealkylation sites (tertiary alicyclic amines) is 1. The smallest absolute Gasteiger partial charge is 0.237 e. The average molecular weight is 333 g/mol. The number of hydrogen-bond donors (Lipinski definition) is 1. The fraction of sp³-hybridized carbons (Fsp3) is 0.556. The molecule has 132 valence electrons. The first-order valence-electron chi connectivity index (χ1n) is 8.41. The molecule has 1 aromatic carbocycles. The number of nitrogens with two attached hydrogens (primary N) is 1. The molecule has 2 amide bonds. The van der Waals surface area contributed by atoms with Crippen LogP contribution in [0.25, 0.3) is 0 Å². The maximum absolute atomic E-state index is 12.8. The summed E-state index contributed by atoms with van der Waals surface area (Å²) >= 11 is 0. The fourth-order valence-electron chi connectivity index (χ4n) is 3.22. The Kier molecular flexibility index (Phi) is 6.61.